The molecule has 0 aliphatic carbocycles. The van der Waals surface area contributed by atoms with Crippen LogP contribution in [0.2, 0.25) is 0 Å². The molecule has 2 heterocycles. The molecule has 1 saturated heterocycles. The van der Waals surface area contributed by atoms with E-state index < -0.39 is 158 Å². The van der Waals surface area contributed by atoms with Crippen LogP contribution in [-0.2, 0) is 19.0 Å². The Kier molecular flexibility index (Phi) is 42.5. The van der Waals surface area contributed by atoms with Gasteiger partial charge < -0.3 is 118 Å². The highest BCUT2D eigenvalue weighted by Gasteiger charge is 2.46. The number of carbonyl (C=O) groups excluding carboxylic acids is 1. The second-order valence-electron chi connectivity index (χ2n) is 29.7. The number of unbranched alkanes of at least 4 members (excludes halogenated alkanes) is 3. The van der Waals surface area contributed by atoms with Crippen molar-refractivity contribution in [2.24, 2.45) is 75.6 Å². The van der Waals surface area contributed by atoms with Crippen LogP contribution < -0.4 is 11.5 Å². The van der Waals surface area contributed by atoms with Gasteiger partial charge in [-0.2, -0.15) is 0 Å². The van der Waals surface area contributed by atoms with Crippen molar-refractivity contribution in [1.82, 2.24) is 0 Å². The number of esters is 1. The van der Waals surface area contributed by atoms with Crippen molar-refractivity contribution in [2.75, 3.05) is 13.2 Å². The Balaban J connectivity index is 2.44. The van der Waals surface area contributed by atoms with Crippen LogP contribution in [0.15, 0.2) is 51.3 Å². The quantitative estimate of drug-likeness (QED) is 0.0456. The third-order valence-corrected chi connectivity index (χ3v) is 21.2. The molecule has 25 heteroatoms. The molecule has 0 amide bonds. The van der Waals surface area contributed by atoms with Crippen LogP contribution >= 0.6 is 0 Å². The molecule has 0 aromatic heterocycles. The van der Waals surface area contributed by atoms with E-state index in [-0.39, 0.29) is 98.1 Å². The zero-order valence-corrected chi connectivity index (χ0v) is 61.0. The number of cyclic esters (lactones) is 1. The first-order chi connectivity index (χ1) is 45.9. The van der Waals surface area contributed by atoms with Crippen molar-refractivity contribution >= 4 is 11.9 Å². The molecule has 0 bridgehead atoms. The van der Waals surface area contributed by atoms with Gasteiger partial charge in [-0.25, -0.2) is 0 Å². The summed E-state index contributed by atoms with van der Waals surface area (Å²) in [7, 11) is 0. The molecule has 0 saturated carbocycles. The second-order valence-corrected chi connectivity index (χ2v) is 29.7. The van der Waals surface area contributed by atoms with E-state index in [9.17, 15) is 96.7 Å². The zero-order chi connectivity index (χ0) is 74.4. The number of ether oxygens (including phenoxy) is 3. The molecule has 0 aromatic rings. The van der Waals surface area contributed by atoms with Crippen LogP contribution in [0.25, 0.3) is 0 Å². The van der Waals surface area contributed by atoms with Gasteiger partial charge in [0.25, 0.3) is 0 Å². The molecule has 2 aliphatic rings. The smallest absolute Gasteiger partial charge is 0.306 e. The summed E-state index contributed by atoms with van der Waals surface area (Å²) < 4.78 is 17.9. The highest BCUT2D eigenvalue weighted by molar-refractivity contribution is 5.75. The van der Waals surface area contributed by atoms with E-state index in [2.05, 4.69) is 4.99 Å². The lowest BCUT2D eigenvalue weighted by molar-refractivity contribution is -0.318. The largest absolute Gasteiger partial charge is 0.513 e. The summed E-state index contributed by atoms with van der Waals surface area (Å²) in [4.78, 5) is 17.6. The summed E-state index contributed by atoms with van der Waals surface area (Å²) in [5, 5.41) is 201. The molecular weight excluding hydrogens is 1270 g/mol. The number of guanidine groups is 1. The number of hydrogen-bond acceptors (Lipinski definition) is 23. The fourth-order valence-electron chi connectivity index (χ4n) is 13.6. The summed E-state index contributed by atoms with van der Waals surface area (Å²) in [5.41, 5.74) is 11.8. The molecule has 22 N–H and O–H groups in total. The standard InChI is InChI=1S/C73H135N3O22/c1-39-22-19-20-25-55(82)46(8)54(81)24-17-15-18-26-62(87)98-71(42(4)23-16-13-14-21-31-76-73(74)75)50(12)59(86)37-53(80)36-58(85)48(10)66(91)47(9)56(83)34-51(78)29-27-40(2)63(88)41(3)28-30-52(79)35-57(84)49(11)67(92)60(33-45(7)65(90)44(6)32-43(5)64(39)89)96-72-70(95)69(94)68(93)61(38-77)97-72/h30,34,39,41-44,46-50,53-61,64,66-72,77-86,88-95H,13-29,31-33,35-38H2,1-12H3,(H4,74,75,76)/t39?,41?,42?,43?,44?,46?,47?,48?,49?,50?,53?,54?,55?,56?,57?,58?,59?,60?,61-,64?,66?,67?,68-,69+,70+,71?,72+/m1/s1. The summed E-state index contributed by atoms with van der Waals surface area (Å²) in [6.45, 7) is 20.4. The Morgan fingerprint density at radius 2 is 1.13 bits per heavy atom. The fraction of sp³-hybridized carbons (Fsp3) is 0.863. The average Bonchev–Trinajstić information content (AvgIpc) is 0.808. The van der Waals surface area contributed by atoms with Crippen molar-refractivity contribution in [2.45, 2.75) is 328 Å². The maximum atomic E-state index is 13.5. The fourth-order valence-corrected chi connectivity index (χ4v) is 13.6. The highest BCUT2D eigenvalue weighted by atomic mass is 16.7. The van der Waals surface area contributed by atoms with Gasteiger partial charge in [-0.3, -0.25) is 9.79 Å². The van der Waals surface area contributed by atoms with E-state index in [1.807, 2.05) is 20.8 Å². The number of hydrogen-bond donors (Lipinski definition) is 20. The third-order valence-electron chi connectivity index (χ3n) is 21.2. The minimum absolute atomic E-state index is 0.0161. The first-order valence-corrected chi connectivity index (χ1v) is 36.4. The van der Waals surface area contributed by atoms with E-state index in [1.54, 1.807) is 48.5 Å². The minimum atomic E-state index is -1.85. The predicted octanol–water partition coefficient (Wildman–Crippen LogP) is 6.47. The van der Waals surface area contributed by atoms with Crippen LogP contribution in [0.5, 0.6) is 0 Å². The van der Waals surface area contributed by atoms with Gasteiger partial charge in [0, 0.05) is 73.7 Å². The van der Waals surface area contributed by atoms with Gasteiger partial charge in [-0.15, -0.1) is 0 Å². The van der Waals surface area contributed by atoms with Crippen molar-refractivity contribution in [1.29, 1.82) is 0 Å². The number of nitrogens with zero attached hydrogens (tertiary/aromatic N) is 1. The SMILES string of the molecule is CC1=C(O)C(C)CC=C(O)CC(O)C(C)C(O)C(O[C@H]2O[C@H](CO)[C@@H](O)[C@H](O)[C@@H]2O)CC(C)=C(O)C(C)CC(C)C(O)C(C)CCCCC(O)C(C)C(O)CCCCCC(=O)OC(C(C)CCCCCCN=C(N)N)C(C)C(O)CC(O)CC(O)C(C)C(O)C(C)C(O)C=C(O)CC1. The van der Waals surface area contributed by atoms with Gasteiger partial charge in [0.05, 0.1) is 96.8 Å². The normalized spacial score (nSPS) is 38.9. The van der Waals surface area contributed by atoms with Gasteiger partial charge in [-0.1, -0.05) is 114 Å². The summed E-state index contributed by atoms with van der Waals surface area (Å²) in [5.74, 6) is -6.71. The third kappa shape index (κ3) is 31.1. The Morgan fingerprint density at radius 1 is 0.561 bits per heavy atom. The molecule has 2 rings (SSSR count). The zero-order valence-electron chi connectivity index (χ0n) is 61.0. The number of carbonyl (C=O) groups is 1. The Hall–Kier alpha value is -3.74. The summed E-state index contributed by atoms with van der Waals surface area (Å²) in [6, 6.07) is 0. The number of rotatable bonds is 11. The molecule has 98 heavy (non-hydrogen) atoms. The lowest BCUT2D eigenvalue weighted by Gasteiger charge is -2.42. The average molecular weight is 1410 g/mol. The molecule has 1 fully saturated rings. The van der Waals surface area contributed by atoms with E-state index in [0.29, 0.717) is 81.9 Å². The van der Waals surface area contributed by atoms with E-state index >= 15 is 0 Å². The highest BCUT2D eigenvalue weighted by Crippen LogP contribution is 2.35. The topological polar surface area (TPSA) is 473 Å². The Morgan fingerprint density at radius 3 is 1.74 bits per heavy atom. The van der Waals surface area contributed by atoms with Crippen molar-refractivity contribution in [3.63, 3.8) is 0 Å². The van der Waals surface area contributed by atoms with Gasteiger partial charge in [0.1, 0.15) is 30.5 Å². The number of nitrogens with two attached hydrogens (primary N) is 2. The number of allylic oxidation sites excluding steroid dienone is 5. The van der Waals surface area contributed by atoms with Crippen molar-refractivity contribution in [3.8, 4) is 0 Å². The molecule has 25 nitrogen and oxygen atoms in total. The maximum absolute atomic E-state index is 13.5. The lowest BCUT2D eigenvalue weighted by atomic mass is 9.82. The van der Waals surface area contributed by atoms with E-state index in [0.717, 1.165) is 25.7 Å². The monoisotopic (exact) mass is 1410 g/mol. The molecule has 27 atom stereocenters. The second kappa shape index (κ2) is 46.1. The van der Waals surface area contributed by atoms with Crippen molar-refractivity contribution < 1.29 is 111 Å². The molecule has 0 radical (unpaired) electrons. The van der Waals surface area contributed by atoms with E-state index in [4.69, 9.17) is 25.7 Å². The number of aliphatic hydroxyl groups excluding tert-OH is 18. The first kappa shape index (κ1) is 90.3. The molecular formula is C73H135N3O22. The van der Waals surface area contributed by atoms with Gasteiger partial charge in [0.15, 0.2) is 12.2 Å². The molecule has 22 unspecified atom stereocenters. The van der Waals surface area contributed by atoms with Crippen LogP contribution in [0.1, 0.15) is 224 Å². The van der Waals surface area contributed by atoms with Gasteiger partial charge >= 0.3 is 5.97 Å². The van der Waals surface area contributed by atoms with Crippen LogP contribution in [0.3, 0.4) is 0 Å². The molecule has 2 aliphatic heterocycles. The minimum Gasteiger partial charge on any atom is -0.513 e. The Bertz CT molecular complexity index is 2390. The predicted molar refractivity (Wildman–Crippen MR) is 375 cm³/mol. The molecule has 0 aromatic carbocycles. The van der Waals surface area contributed by atoms with Crippen LogP contribution in [0.4, 0.5) is 0 Å². The number of aliphatic imine (C=N–C) groups is 1. The number of aliphatic hydroxyl groups is 18. The van der Waals surface area contributed by atoms with E-state index in [1.165, 1.54) is 26.0 Å². The van der Waals surface area contributed by atoms with Crippen LogP contribution in [-0.4, -0.2) is 221 Å². The summed E-state index contributed by atoms with van der Waals surface area (Å²) >= 11 is 0. The van der Waals surface area contributed by atoms with Crippen LogP contribution in [0, 0.1) is 59.2 Å². The maximum Gasteiger partial charge on any atom is 0.306 e. The molecule has 0 spiro atoms. The molecule has 574 valence electrons. The Labute approximate surface area is 584 Å². The lowest BCUT2D eigenvalue weighted by Crippen LogP contribution is -2.60. The van der Waals surface area contributed by atoms with Gasteiger partial charge in [0.2, 0.25) is 0 Å². The first-order valence-electron chi connectivity index (χ1n) is 36.4. The van der Waals surface area contributed by atoms with Gasteiger partial charge in [-0.05, 0) is 126 Å². The van der Waals surface area contributed by atoms with Crippen molar-refractivity contribution in [3.05, 3.63) is 46.3 Å². The summed E-state index contributed by atoms with van der Waals surface area (Å²) in [6.07, 6.45) is -11.6.